The fraction of sp³-hybridized carbons (Fsp3) is 0.294. The minimum Gasteiger partial charge on any atom is -0.495 e. The van der Waals surface area contributed by atoms with Crippen LogP contribution >= 0.6 is 0 Å². The smallest absolute Gasteiger partial charge is 0.143 e. The highest BCUT2D eigenvalue weighted by Gasteiger charge is 2.19. The summed E-state index contributed by atoms with van der Waals surface area (Å²) >= 11 is 0. The number of ether oxygens (including phenoxy) is 1. The number of methoxy groups -OCH3 is 1. The second-order valence-electron chi connectivity index (χ2n) is 5.31. The quantitative estimate of drug-likeness (QED) is 0.696. The number of hydrogen-bond acceptors (Lipinski definition) is 3. The van der Waals surface area contributed by atoms with Gasteiger partial charge in [-0.1, -0.05) is 18.2 Å². The molecule has 0 aliphatic carbocycles. The lowest BCUT2D eigenvalue weighted by Gasteiger charge is -2.20. The van der Waals surface area contributed by atoms with Crippen LogP contribution in [-0.4, -0.2) is 20.2 Å². The topological polar surface area (TPSA) is 25.6 Å². The minimum absolute atomic E-state index is 0.933. The lowest BCUT2D eigenvalue weighted by Crippen LogP contribution is -2.18. The van der Waals surface area contributed by atoms with E-state index in [0.717, 1.165) is 46.5 Å². The lowest BCUT2D eigenvalue weighted by molar-refractivity contribution is 0.415. The Morgan fingerprint density at radius 1 is 1.00 bits per heavy atom. The third-order valence-corrected chi connectivity index (χ3v) is 4.12. The van der Waals surface area contributed by atoms with Gasteiger partial charge in [0.2, 0.25) is 0 Å². The van der Waals surface area contributed by atoms with E-state index in [0.29, 0.717) is 0 Å². The maximum Gasteiger partial charge on any atom is 0.143 e. The molecule has 0 radical (unpaired) electrons. The van der Waals surface area contributed by atoms with Crippen molar-refractivity contribution >= 4 is 27.6 Å². The first-order valence-electron chi connectivity index (χ1n) is 7.11. The highest BCUT2D eigenvalue weighted by molar-refractivity contribution is 6.06. The number of benzene rings is 2. The lowest BCUT2D eigenvalue weighted by atomic mass is 10.1. The van der Waals surface area contributed by atoms with Gasteiger partial charge in [-0.25, -0.2) is 0 Å². The first-order valence-corrected chi connectivity index (χ1v) is 7.11. The molecule has 0 atom stereocenters. The molecule has 2 aromatic carbocycles. The highest BCUT2D eigenvalue weighted by atomic mass is 16.5. The average molecular weight is 267 g/mol. The summed E-state index contributed by atoms with van der Waals surface area (Å²) in [5.41, 5.74) is 3.02. The van der Waals surface area contributed by atoms with Gasteiger partial charge in [-0.05, 0) is 25.0 Å². The molecule has 2 heterocycles. The number of fused-ring (bicyclic) bond motifs is 3. The fourth-order valence-corrected chi connectivity index (χ4v) is 3.11. The Kier molecular flexibility index (Phi) is 2.59. The minimum atomic E-state index is 0.933. The molecule has 0 saturated carbocycles. The van der Waals surface area contributed by atoms with Crippen LogP contribution in [0.4, 0.5) is 5.69 Å². The van der Waals surface area contributed by atoms with E-state index in [9.17, 15) is 0 Å². The number of rotatable bonds is 2. The van der Waals surface area contributed by atoms with Gasteiger partial charge in [-0.2, -0.15) is 0 Å². The van der Waals surface area contributed by atoms with Crippen LogP contribution in [0, 0.1) is 0 Å². The molecule has 3 nitrogen and oxygen atoms in total. The summed E-state index contributed by atoms with van der Waals surface area (Å²) in [6.07, 6.45) is 2.50. The summed E-state index contributed by atoms with van der Waals surface area (Å²) in [4.78, 5) is 2.38. The van der Waals surface area contributed by atoms with Crippen molar-refractivity contribution in [1.82, 2.24) is 0 Å². The van der Waals surface area contributed by atoms with E-state index in [1.165, 1.54) is 12.8 Å². The van der Waals surface area contributed by atoms with Gasteiger partial charge in [-0.15, -0.1) is 0 Å². The van der Waals surface area contributed by atoms with E-state index in [2.05, 4.69) is 23.1 Å². The fourth-order valence-electron chi connectivity index (χ4n) is 3.11. The number of anilines is 1. The van der Waals surface area contributed by atoms with Crippen LogP contribution in [0.5, 0.6) is 5.75 Å². The largest absolute Gasteiger partial charge is 0.495 e. The summed E-state index contributed by atoms with van der Waals surface area (Å²) < 4.78 is 11.6. The molecule has 1 fully saturated rings. The van der Waals surface area contributed by atoms with Gasteiger partial charge >= 0.3 is 0 Å². The van der Waals surface area contributed by atoms with Crippen molar-refractivity contribution in [2.24, 2.45) is 0 Å². The first kappa shape index (κ1) is 11.6. The molecule has 1 saturated heterocycles. The zero-order chi connectivity index (χ0) is 13.5. The van der Waals surface area contributed by atoms with Gasteiger partial charge in [0.1, 0.15) is 16.9 Å². The number of nitrogens with zero attached hydrogens (tertiary/aromatic N) is 1. The zero-order valence-electron chi connectivity index (χ0n) is 11.6. The summed E-state index contributed by atoms with van der Waals surface area (Å²) in [6.45, 7) is 2.20. The second-order valence-corrected chi connectivity index (χ2v) is 5.31. The average Bonchev–Trinajstić information content (AvgIpc) is 3.13. The Labute approximate surface area is 117 Å². The summed E-state index contributed by atoms with van der Waals surface area (Å²) in [7, 11) is 1.74. The predicted molar refractivity (Wildman–Crippen MR) is 81.7 cm³/mol. The van der Waals surface area contributed by atoms with E-state index in [-0.39, 0.29) is 0 Å². The SMILES string of the molecule is COc1cc2c(cc1N1CCCC1)oc1ccccc12. The van der Waals surface area contributed by atoms with Crippen molar-refractivity contribution < 1.29 is 9.15 Å². The Hall–Kier alpha value is -2.16. The van der Waals surface area contributed by atoms with Gasteiger partial charge in [0.05, 0.1) is 12.8 Å². The molecule has 3 aromatic rings. The van der Waals surface area contributed by atoms with Crippen molar-refractivity contribution in [1.29, 1.82) is 0 Å². The van der Waals surface area contributed by atoms with Gasteiger partial charge < -0.3 is 14.1 Å². The van der Waals surface area contributed by atoms with E-state index in [1.807, 2.05) is 18.2 Å². The maximum absolute atomic E-state index is 5.97. The Morgan fingerprint density at radius 3 is 2.60 bits per heavy atom. The molecular formula is C17H17NO2. The molecule has 0 N–H and O–H groups in total. The van der Waals surface area contributed by atoms with Crippen LogP contribution in [0.2, 0.25) is 0 Å². The number of para-hydroxylation sites is 1. The van der Waals surface area contributed by atoms with Crippen molar-refractivity contribution in [2.45, 2.75) is 12.8 Å². The van der Waals surface area contributed by atoms with Crippen LogP contribution in [0.1, 0.15) is 12.8 Å². The predicted octanol–water partition coefficient (Wildman–Crippen LogP) is 4.19. The Morgan fingerprint density at radius 2 is 1.80 bits per heavy atom. The molecule has 3 heteroatoms. The summed E-state index contributed by atoms with van der Waals surface area (Å²) in [6, 6.07) is 12.4. The van der Waals surface area contributed by atoms with Crippen LogP contribution < -0.4 is 9.64 Å². The molecule has 20 heavy (non-hydrogen) atoms. The molecule has 0 unspecified atom stereocenters. The van der Waals surface area contributed by atoms with Gasteiger partial charge in [-0.3, -0.25) is 0 Å². The molecule has 1 aliphatic heterocycles. The molecule has 4 rings (SSSR count). The van der Waals surface area contributed by atoms with Crippen LogP contribution in [0.15, 0.2) is 40.8 Å². The Balaban J connectivity index is 1.98. The van der Waals surface area contributed by atoms with Gasteiger partial charge in [0.25, 0.3) is 0 Å². The molecule has 1 aliphatic rings. The number of furan rings is 1. The standard InChI is InChI=1S/C17H17NO2/c1-19-17-10-13-12-6-2-3-7-15(12)20-16(13)11-14(17)18-8-4-5-9-18/h2-3,6-7,10-11H,4-5,8-9H2,1H3. The van der Waals surface area contributed by atoms with Crippen molar-refractivity contribution in [3.05, 3.63) is 36.4 Å². The molecule has 0 spiro atoms. The van der Waals surface area contributed by atoms with E-state index in [4.69, 9.17) is 9.15 Å². The van der Waals surface area contributed by atoms with Gasteiger partial charge in [0, 0.05) is 29.9 Å². The molecule has 0 amide bonds. The number of hydrogen-bond donors (Lipinski definition) is 0. The summed E-state index contributed by atoms with van der Waals surface area (Å²) in [5, 5.41) is 2.27. The van der Waals surface area contributed by atoms with E-state index >= 15 is 0 Å². The third kappa shape index (κ3) is 1.66. The van der Waals surface area contributed by atoms with E-state index < -0.39 is 0 Å². The highest BCUT2D eigenvalue weighted by Crippen LogP contribution is 2.38. The van der Waals surface area contributed by atoms with E-state index in [1.54, 1.807) is 7.11 Å². The normalized spacial score (nSPS) is 15.3. The monoisotopic (exact) mass is 267 g/mol. The molecule has 102 valence electrons. The maximum atomic E-state index is 5.97. The van der Waals surface area contributed by atoms with Crippen LogP contribution in [-0.2, 0) is 0 Å². The second kappa shape index (κ2) is 4.44. The Bertz CT molecular complexity index is 769. The molecule has 1 aromatic heterocycles. The van der Waals surface area contributed by atoms with Crippen molar-refractivity contribution in [3.8, 4) is 5.75 Å². The first-order chi connectivity index (χ1) is 9.86. The molecular weight excluding hydrogens is 250 g/mol. The van der Waals surface area contributed by atoms with Crippen molar-refractivity contribution in [3.63, 3.8) is 0 Å². The zero-order valence-corrected chi connectivity index (χ0v) is 11.6. The molecule has 0 bridgehead atoms. The van der Waals surface area contributed by atoms with Crippen LogP contribution in [0.3, 0.4) is 0 Å². The van der Waals surface area contributed by atoms with Gasteiger partial charge in [0.15, 0.2) is 0 Å². The van der Waals surface area contributed by atoms with Crippen molar-refractivity contribution in [2.75, 3.05) is 25.1 Å². The summed E-state index contributed by atoms with van der Waals surface area (Å²) in [5.74, 6) is 0.936. The van der Waals surface area contributed by atoms with Crippen LogP contribution in [0.25, 0.3) is 21.9 Å². The third-order valence-electron chi connectivity index (χ3n) is 4.12.